The SMILES string of the molecule is O=C(O)c1c(Oc2ccc(Br)cc2F)nc2sccn12. The lowest BCUT2D eigenvalue weighted by Crippen LogP contribution is -2.03. The van der Waals surface area contributed by atoms with E-state index < -0.39 is 11.8 Å². The second-order valence-electron chi connectivity index (χ2n) is 3.80. The van der Waals surface area contributed by atoms with Crippen LogP contribution in [0.15, 0.2) is 34.2 Å². The van der Waals surface area contributed by atoms with Crippen LogP contribution in [0.25, 0.3) is 4.96 Å². The predicted octanol–water partition coefficient (Wildman–Crippen LogP) is 3.79. The summed E-state index contributed by atoms with van der Waals surface area (Å²) in [4.78, 5) is 15.8. The van der Waals surface area contributed by atoms with Gasteiger partial charge in [-0.15, -0.1) is 11.3 Å². The van der Waals surface area contributed by atoms with Gasteiger partial charge in [0.1, 0.15) is 0 Å². The molecule has 0 radical (unpaired) electrons. The maximum atomic E-state index is 13.7. The van der Waals surface area contributed by atoms with Crippen LogP contribution in [0.4, 0.5) is 4.39 Å². The number of thiazole rings is 1. The molecule has 3 aromatic rings. The summed E-state index contributed by atoms with van der Waals surface area (Å²) in [5, 5.41) is 10.9. The molecule has 0 fully saturated rings. The van der Waals surface area contributed by atoms with Crippen molar-refractivity contribution in [1.29, 1.82) is 0 Å². The number of carboxylic acid groups (broad SMARTS) is 1. The van der Waals surface area contributed by atoms with Crippen LogP contribution >= 0.6 is 27.3 Å². The average molecular weight is 357 g/mol. The molecule has 2 heterocycles. The molecule has 0 saturated carbocycles. The first-order chi connectivity index (χ1) is 9.56. The lowest BCUT2D eigenvalue weighted by molar-refractivity contribution is 0.0686. The third-order valence-electron chi connectivity index (χ3n) is 2.53. The van der Waals surface area contributed by atoms with E-state index in [9.17, 15) is 14.3 Å². The Hall–Kier alpha value is -1.93. The number of halogens is 2. The third kappa shape index (κ3) is 2.16. The van der Waals surface area contributed by atoms with E-state index in [0.717, 1.165) is 0 Å². The summed E-state index contributed by atoms with van der Waals surface area (Å²) in [7, 11) is 0. The number of nitrogens with zero attached hydrogens (tertiary/aromatic N) is 2. The third-order valence-corrected chi connectivity index (χ3v) is 3.78. The molecule has 5 nitrogen and oxygen atoms in total. The Morgan fingerprint density at radius 3 is 3.00 bits per heavy atom. The molecule has 0 aliphatic rings. The molecule has 0 bridgehead atoms. The van der Waals surface area contributed by atoms with Crippen LogP contribution in [0, 0.1) is 5.82 Å². The Labute approximate surface area is 124 Å². The van der Waals surface area contributed by atoms with Crippen LogP contribution in [-0.2, 0) is 0 Å². The fraction of sp³-hybridized carbons (Fsp3) is 0. The number of carbonyl (C=O) groups is 1. The Balaban J connectivity index is 2.08. The summed E-state index contributed by atoms with van der Waals surface area (Å²) in [6, 6.07) is 4.23. The van der Waals surface area contributed by atoms with Gasteiger partial charge in [-0.3, -0.25) is 4.40 Å². The lowest BCUT2D eigenvalue weighted by Gasteiger charge is -2.05. The number of carboxylic acids is 1. The number of imidazole rings is 1. The predicted molar refractivity (Wildman–Crippen MR) is 74.2 cm³/mol. The topological polar surface area (TPSA) is 63.8 Å². The van der Waals surface area contributed by atoms with Crippen molar-refractivity contribution in [3.63, 3.8) is 0 Å². The summed E-state index contributed by atoms with van der Waals surface area (Å²) in [5.41, 5.74) is -0.136. The zero-order valence-electron chi connectivity index (χ0n) is 9.71. The minimum atomic E-state index is -1.19. The van der Waals surface area contributed by atoms with Crippen molar-refractivity contribution in [3.8, 4) is 11.6 Å². The quantitative estimate of drug-likeness (QED) is 0.775. The van der Waals surface area contributed by atoms with Crippen molar-refractivity contribution in [3.05, 3.63) is 45.8 Å². The maximum Gasteiger partial charge on any atom is 0.358 e. The van der Waals surface area contributed by atoms with Crippen molar-refractivity contribution in [2.45, 2.75) is 0 Å². The second-order valence-corrected chi connectivity index (χ2v) is 5.59. The average Bonchev–Trinajstić information content (AvgIpc) is 2.91. The van der Waals surface area contributed by atoms with Crippen molar-refractivity contribution < 1.29 is 19.0 Å². The molecule has 102 valence electrons. The first kappa shape index (κ1) is 13.1. The normalized spacial score (nSPS) is 10.9. The van der Waals surface area contributed by atoms with Crippen LogP contribution in [0.1, 0.15) is 10.5 Å². The smallest absolute Gasteiger partial charge is 0.358 e. The first-order valence-electron chi connectivity index (χ1n) is 5.38. The highest BCUT2D eigenvalue weighted by atomic mass is 79.9. The molecule has 0 aliphatic carbocycles. The summed E-state index contributed by atoms with van der Waals surface area (Å²) in [6.45, 7) is 0. The molecule has 0 unspecified atom stereocenters. The fourth-order valence-corrected chi connectivity index (χ4v) is 2.73. The molecule has 0 amide bonds. The van der Waals surface area contributed by atoms with Gasteiger partial charge in [-0.05, 0) is 18.2 Å². The molecule has 20 heavy (non-hydrogen) atoms. The van der Waals surface area contributed by atoms with Crippen molar-refractivity contribution in [1.82, 2.24) is 9.38 Å². The molecule has 1 aromatic carbocycles. The number of benzene rings is 1. The van der Waals surface area contributed by atoms with Gasteiger partial charge in [-0.2, -0.15) is 4.98 Å². The first-order valence-corrected chi connectivity index (χ1v) is 7.05. The summed E-state index contributed by atoms with van der Waals surface area (Å²) >= 11 is 4.40. The van der Waals surface area contributed by atoms with E-state index >= 15 is 0 Å². The van der Waals surface area contributed by atoms with Gasteiger partial charge in [0.15, 0.2) is 22.2 Å². The van der Waals surface area contributed by atoms with E-state index in [4.69, 9.17) is 4.74 Å². The Kier molecular flexibility index (Phi) is 3.19. The van der Waals surface area contributed by atoms with E-state index in [1.54, 1.807) is 17.6 Å². The number of ether oxygens (including phenoxy) is 1. The van der Waals surface area contributed by atoms with Crippen LogP contribution in [0.2, 0.25) is 0 Å². The standard InChI is InChI=1S/C12H6BrFN2O3S/c13-6-1-2-8(7(14)5-6)19-10-9(11(17)18)16-3-4-20-12(16)15-10/h1-5H,(H,17,18). The number of rotatable bonds is 3. The highest BCUT2D eigenvalue weighted by molar-refractivity contribution is 9.10. The number of aromatic carboxylic acids is 1. The van der Waals surface area contributed by atoms with E-state index in [-0.39, 0.29) is 17.3 Å². The molecule has 0 spiro atoms. The Morgan fingerprint density at radius 1 is 1.50 bits per heavy atom. The summed E-state index contributed by atoms with van der Waals surface area (Å²) in [6.07, 6.45) is 1.57. The van der Waals surface area contributed by atoms with Gasteiger partial charge >= 0.3 is 5.97 Å². The second kappa shape index (κ2) is 4.88. The summed E-state index contributed by atoms with van der Waals surface area (Å²) < 4.78 is 21.0. The van der Waals surface area contributed by atoms with Gasteiger partial charge in [0.05, 0.1) is 0 Å². The zero-order chi connectivity index (χ0) is 14.3. The van der Waals surface area contributed by atoms with Gasteiger partial charge in [-0.25, -0.2) is 9.18 Å². The van der Waals surface area contributed by atoms with Gasteiger partial charge < -0.3 is 9.84 Å². The molecule has 1 N–H and O–H groups in total. The highest BCUT2D eigenvalue weighted by Crippen LogP contribution is 2.30. The van der Waals surface area contributed by atoms with Crippen LogP contribution in [0.3, 0.4) is 0 Å². The molecule has 8 heteroatoms. The number of hydrogen-bond acceptors (Lipinski definition) is 4. The molecule has 0 saturated heterocycles. The lowest BCUT2D eigenvalue weighted by atomic mass is 10.3. The largest absolute Gasteiger partial charge is 0.476 e. The molecule has 0 atom stereocenters. The van der Waals surface area contributed by atoms with Crippen molar-refractivity contribution in [2.75, 3.05) is 0 Å². The Morgan fingerprint density at radius 2 is 2.30 bits per heavy atom. The Bertz CT molecular complexity index is 814. The van der Waals surface area contributed by atoms with Gasteiger partial charge in [0.2, 0.25) is 0 Å². The minimum Gasteiger partial charge on any atom is -0.476 e. The number of aromatic nitrogens is 2. The highest BCUT2D eigenvalue weighted by Gasteiger charge is 2.22. The summed E-state index contributed by atoms with van der Waals surface area (Å²) in [5.74, 6) is -2.01. The molecular formula is C12H6BrFN2O3S. The molecule has 3 rings (SSSR count). The van der Waals surface area contributed by atoms with E-state index in [1.165, 1.54) is 27.9 Å². The van der Waals surface area contributed by atoms with Crippen LogP contribution in [0.5, 0.6) is 11.6 Å². The molecule has 0 aliphatic heterocycles. The fourth-order valence-electron chi connectivity index (χ4n) is 1.69. The zero-order valence-corrected chi connectivity index (χ0v) is 12.1. The number of hydrogen-bond donors (Lipinski definition) is 1. The van der Waals surface area contributed by atoms with Crippen LogP contribution < -0.4 is 4.74 Å². The van der Waals surface area contributed by atoms with Crippen molar-refractivity contribution in [2.24, 2.45) is 0 Å². The molecule has 2 aromatic heterocycles. The molecular weight excluding hydrogens is 351 g/mol. The van der Waals surface area contributed by atoms with Gasteiger partial charge in [-0.1, -0.05) is 15.9 Å². The van der Waals surface area contributed by atoms with Gasteiger partial charge in [0.25, 0.3) is 5.88 Å². The number of fused-ring (bicyclic) bond motifs is 1. The maximum absolute atomic E-state index is 13.7. The van der Waals surface area contributed by atoms with E-state index in [1.807, 2.05) is 0 Å². The van der Waals surface area contributed by atoms with E-state index in [0.29, 0.717) is 9.43 Å². The van der Waals surface area contributed by atoms with E-state index in [2.05, 4.69) is 20.9 Å². The monoisotopic (exact) mass is 356 g/mol. The van der Waals surface area contributed by atoms with Gasteiger partial charge in [0, 0.05) is 16.0 Å². The van der Waals surface area contributed by atoms with Crippen molar-refractivity contribution >= 4 is 38.2 Å². The van der Waals surface area contributed by atoms with Crippen LogP contribution in [-0.4, -0.2) is 20.5 Å². The minimum absolute atomic E-state index is 0.0820.